The Morgan fingerprint density at radius 3 is 2.14 bits per heavy atom. The van der Waals surface area contributed by atoms with Crippen LogP contribution in [0.3, 0.4) is 0 Å². The third-order valence-electron chi connectivity index (χ3n) is 3.23. The highest BCUT2D eigenvalue weighted by Gasteiger charge is 2.28. The van der Waals surface area contributed by atoms with Gasteiger partial charge in [-0.3, -0.25) is 0 Å². The van der Waals surface area contributed by atoms with E-state index < -0.39 is 5.60 Å². The fourth-order valence-corrected chi connectivity index (χ4v) is 2.29. The molecule has 0 bridgehead atoms. The molecule has 0 saturated heterocycles. The Labute approximate surface area is 128 Å². The molecule has 0 aliphatic rings. The van der Waals surface area contributed by atoms with Gasteiger partial charge in [0, 0.05) is 0 Å². The van der Waals surface area contributed by atoms with Crippen LogP contribution in [-0.4, -0.2) is 24.8 Å². The fourth-order valence-electron chi connectivity index (χ4n) is 2.29. The SMILES string of the molecule is CN[C@@H](c1ccccc1)[C@@H](NC(=O)OC(C)(C)C)C(C)C. The van der Waals surface area contributed by atoms with E-state index in [4.69, 9.17) is 4.74 Å². The van der Waals surface area contributed by atoms with Crippen LogP contribution in [0.2, 0.25) is 0 Å². The molecule has 0 aliphatic carbocycles. The van der Waals surface area contributed by atoms with Gasteiger partial charge in [0.25, 0.3) is 0 Å². The maximum Gasteiger partial charge on any atom is 0.407 e. The van der Waals surface area contributed by atoms with Crippen molar-refractivity contribution in [2.75, 3.05) is 7.05 Å². The summed E-state index contributed by atoms with van der Waals surface area (Å²) in [5.41, 5.74) is 0.655. The fraction of sp³-hybridized carbons (Fsp3) is 0.588. The Balaban J connectivity index is 2.87. The first-order chi connectivity index (χ1) is 9.74. The number of amides is 1. The maximum atomic E-state index is 12.1. The van der Waals surface area contributed by atoms with Gasteiger partial charge >= 0.3 is 6.09 Å². The first kappa shape index (κ1) is 17.5. The molecule has 0 radical (unpaired) electrons. The van der Waals surface area contributed by atoms with Crippen molar-refractivity contribution in [3.05, 3.63) is 35.9 Å². The first-order valence-electron chi connectivity index (χ1n) is 7.46. The normalized spacial score (nSPS) is 14.6. The van der Waals surface area contributed by atoms with Crippen LogP contribution in [0.4, 0.5) is 4.79 Å². The number of likely N-dealkylation sites (N-methyl/N-ethyl adjacent to an activating group) is 1. The summed E-state index contributed by atoms with van der Waals surface area (Å²) in [4.78, 5) is 12.1. The lowest BCUT2D eigenvalue weighted by molar-refractivity contribution is 0.0475. The molecule has 4 heteroatoms. The van der Waals surface area contributed by atoms with E-state index in [1.807, 2.05) is 46.0 Å². The summed E-state index contributed by atoms with van der Waals surface area (Å²) >= 11 is 0. The number of alkyl carbamates (subject to hydrolysis) is 1. The second kappa shape index (κ2) is 7.46. The van der Waals surface area contributed by atoms with Crippen LogP contribution in [0, 0.1) is 5.92 Å². The lowest BCUT2D eigenvalue weighted by atomic mass is 9.91. The molecule has 0 aliphatic heterocycles. The van der Waals surface area contributed by atoms with Gasteiger partial charge in [0.15, 0.2) is 0 Å². The molecular formula is C17H28N2O2. The zero-order valence-electron chi connectivity index (χ0n) is 13.9. The Hall–Kier alpha value is -1.55. The summed E-state index contributed by atoms with van der Waals surface area (Å²) in [6, 6.07) is 10.1. The molecular weight excluding hydrogens is 264 g/mol. The highest BCUT2D eigenvalue weighted by atomic mass is 16.6. The van der Waals surface area contributed by atoms with Gasteiger partial charge in [-0.25, -0.2) is 4.79 Å². The Morgan fingerprint density at radius 1 is 1.14 bits per heavy atom. The summed E-state index contributed by atoms with van der Waals surface area (Å²) in [6.45, 7) is 9.78. The maximum absolute atomic E-state index is 12.1. The quantitative estimate of drug-likeness (QED) is 0.873. The molecule has 0 spiro atoms. The molecule has 0 aromatic heterocycles. The third-order valence-corrected chi connectivity index (χ3v) is 3.23. The van der Waals surface area contributed by atoms with Gasteiger partial charge in [0.1, 0.15) is 5.60 Å². The monoisotopic (exact) mass is 292 g/mol. The predicted octanol–water partition coefficient (Wildman–Crippen LogP) is 3.50. The van der Waals surface area contributed by atoms with Gasteiger partial charge in [-0.05, 0) is 39.3 Å². The van der Waals surface area contributed by atoms with Gasteiger partial charge in [0.2, 0.25) is 0 Å². The summed E-state index contributed by atoms with van der Waals surface area (Å²) in [5, 5.41) is 6.30. The van der Waals surface area contributed by atoms with E-state index in [-0.39, 0.29) is 24.1 Å². The molecule has 1 aromatic rings. The van der Waals surface area contributed by atoms with E-state index >= 15 is 0 Å². The molecule has 1 rings (SSSR count). The van der Waals surface area contributed by atoms with Crippen molar-refractivity contribution in [1.29, 1.82) is 0 Å². The molecule has 2 atom stereocenters. The van der Waals surface area contributed by atoms with E-state index in [0.29, 0.717) is 0 Å². The lowest BCUT2D eigenvalue weighted by Crippen LogP contribution is -2.48. The number of nitrogens with one attached hydrogen (secondary N) is 2. The van der Waals surface area contributed by atoms with E-state index in [9.17, 15) is 4.79 Å². The van der Waals surface area contributed by atoms with Crippen LogP contribution in [0.15, 0.2) is 30.3 Å². The molecule has 0 saturated carbocycles. The van der Waals surface area contributed by atoms with Gasteiger partial charge in [0.05, 0.1) is 12.1 Å². The molecule has 2 N–H and O–H groups in total. The number of ether oxygens (including phenoxy) is 1. The molecule has 0 heterocycles. The van der Waals surface area contributed by atoms with Crippen LogP contribution in [0.1, 0.15) is 46.2 Å². The van der Waals surface area contributed by atoms with Crippen molar-refractivity contribution in [3.63, 3.8) is 0 Å². The van der Waals surface area contributed by atoms with Crippen molar-refractivity contribution in [2.45, 2.75) is 52.3 Å². The van der Waals surface area contributed by atoms with Gasteiger partial charge in [-0.2, -0.15) is 0 Å². The highest BCUT2D eigenvalue weighted by Crippen LogP contribution is 2.22. The van der Waals surface area contributed by atoms with Crippen molar-refractivity contribution in [2.24, 2.45) is 5.92 Å². The van der Waals surface area contributed by atoms with Gasteiger partial charge in [-0.15, -0.1) is 0 Å². The standard InChI is InChI=1S/C17H28N2O2/c1-12(2)14(19-16(20)21-17(3,4)5)15(18-6)13-10-8-7-9-11-13/h7-12,14-15,18H,1-6H3,(H,19,20)/t14-,15-/m0/s1. The second-order valence-corrected chi connectivity index (χ2v) is 6.59. The minimum atomic E-state index is -0.493. The zero-order chi connectivity index (χ0) is 16.0. The van der Waals surface area contributed by atoms with Crippen LogP contribution in [-0.2, 0) is 4.74 Å². The topological polar surface area (TPSA) is 50.4 Å². The number of hydrogen-bond donors (Lipinski definition) is 2. The predicted molar refractivity (Wildman–Crippen MR) is 86.2 cm³/mol. The summed E-state index contributed by atoms with van der Waals surface area (Å²) < 4.78 is 5.37. The number of carbonyl (C=O) groups is 1. The molecule has 0 unspecified atom stereocenters. The largest absolute Gasteiger partial charge is 0.444 e. The minimum absolute atomic E-state index is 0.0405. The minimum Gasteiger partial charge on any atom is -0.444 e. The zero-order valence-corrected chi connectivity index (χ0v) is 13.9. The molecule has 118 valence electrons. The van der Waals surface area contributed by atoms with Crippen LogP contribution < -0.4 is 10.6 Å². The van der Waals surface area contributed by atoms with Crippen molar-refractivity contribution in [1.82, 2.24) is 10.6 Å². The Kier molecular flexibility index (Phi) is 6.21. The van der Waals surface area contributed by atoms with Crippen LogP contribution >= 0.6 is 0 Å². The average Bonchev–Trinajstić information content (AvgIpc) is 2.37. The molecule has 21 heavy (non-hydrogen) atoms. The van der Waals surface area contributed by atoms with Crippen molar-refractivity contribution in [3.8, 4) is 0 Å². The van der Waals surface area contributed by atoms with Gasteiger partial charge < -0.3 is 15.4 Å². The van der Waals surface area contributed by atoms with E-state index in [1.54, 1.807) is 0 Å². The van der Waals surface area contributed by atoms with E-state index in [1.165, 1.54) is 0 Å². The van der Waals surface area contributed by atoms with Crippen molar-refractivity contribution < 1.29 is 9.53 Å². The second-order valence-electron chi connectivity index (χ2n) is 6.59. The van der Waals surface area contributed by atoms with Crippen LogP contribution in [0.5, 0.6) is 0 Å². The van der Waals surface area contributed by atoms with Crippen molar-refractivity contribution >= 4 is 6.09 Å². The average molecular weight is 292 g/mol. The highest BCUT2D eigenvalue weighted by molar-refractivity contribution is 5.68. The Morgan fingerprint density at radius 2 is 1.71 bits per heavy atom. The molecule has 0 fully saturated rings. The molecule has 1 amide bonds. The molecule has 4 nitrogen and oxygen atoms in total. The first-order valence-corrected chi connectivity index (χ1v) is 7.46. The van der Waals surface area contributed by atoms with Crippen LogP contribution in [0.25, 0.3) is 0 Å². The number of rotatable bonds is 5. The van der Waals surface area contributed by atoms with Gasteiger partial charge in [-0.1, -0.05) is 44.2 Å². The van der Waals surface area contributed by atoms with E-state index in [0.717, 1.165) is 5.56 Å². The summed E-state index contributed by atoms with van der Waals surface area (Å²) in [6.07, 6.45) is -0.377. The number of benzene rings is 1. The van der Waals surface area contributed by atoms with E-state index in [2.05, 4.69) is 36.6 Å². The third kappa shape index (κ3) is 5.76. The Bertz CT molecular complexity index is 438. The number of hydrogen-bond acceptors (Lipinski definition) is 3. The smallest absolute Gasteiger partial charge is 0.407 e. The lowest BCUT2D eigenvalue weighted by Gasteiger charge is -2.32. The summed E-state index contributed by atoms with van der Waals surface area (Å²) in [5.74, 6) is 0.273. The molecule has 1 aromatic carbocycles. The summed E-state index contributed by atoms with van der Waals surface area (Å²) in [7, 11) is 1.91. The number of carbonyl (C=O) groups excluding carboxylic acids is 1.